The Bertz CT molecular complexity index is 670. The lowest BCUT2D eigenvalue weighted by atomic mass is 10.3. The number of nitrogens with zero attached hydrogens (tertiary/aromatic N) is 1. The van der Waals surface area contributed by atoms with E-state index in [0.29, 0.717) is 0 Å². The van der Waals surface area contributed by atoms with Crippen molar-refractivity contribution in [2.24, 2.45) is 0 Å². The number of nitrogen functional groups attached to an aromatic ring is 1. The van der Waals surface area contributed by atoms with Crippen molar-refractivity contribution in [1.29, 1.82) is 0 Å². The Hall–Kier alpha value is -1.94. The van der Waals surface area contributed by atoms with Gasteiger partial charge in [0.2, 0.25) is 0 Å². The van der Waals surface area contributed by atoms with Gasteiger partial charge in [-0.2, -0.15) is 0 Å². The van der Waals surface area contributed by atoms with Crippen molar-refractivity contribution in [1.82, 2.24) is 9.97 Å². The molecule has 3 nitrogen and oxygen atoms in total. The number of para-hydroxylation sites is 1. The van der Waals surface area contributed by atoms with E-state index in [-0.39, 0.29) is 0 Å². The SMILES string of the molecule is Cc1ccnc(Sc2cc3ccccc3[nH]2)c1N. The van der Waals surface area contributed by atoms with E-state index in [4.69, 9.17) is 5.73 Å². The van der Waals surface area contributed by atoms with Gasteiger partial charge in [-0.05, 0) is 30.7 Å². The molecule has 0 saturated carbocycles. The second-order valence-corrected chi connectivity index (χ2v) is 5.20. The van der Waals surface area contributed by atoms with Crippen molar-refractivity contribution in [3.63, 3.8) is 0 Å². The van der Waals surface area contributed by atoms with Crippen LogP contribution in [0, 0.1) is 6.92 Å². The molecule has 3 rings (SSSR count). The second-order valence-electron chi connectivity index (χ2n) is 4.17. The van der Waals surface area contributed by atoms with E-state index in [0.717, 1.165) is 26.8 Å². The van der Waals surface area contributed by atoms with E-state index >= 15 is 0 Å². The molecule has 4 heteroatoms. The predicted octanol–water partition coefficient (Wildman–Crippen LogP) is 3.60. The molecule has 0 aliphatic rings. The Morgan fingerprint density at radius 1 is 1.22 bits per heavy atom. The Balaban J connectivity index is 1.99. The van der Waals surface area contributed by atoms with E-state index in [1.54, 1.807) is 18.0 Å². The molecule has 3 N–H and O–H groups in total. The molecule has 0 amide bonds. The van der Waals surface area contributed by atoms with E-state index in [2.05, 4.69) is 28.2 Å². The summed E-state index contributed by atoms with van der Waals surface area (Å²) in [6.45, 7) is 1.99. The third kappa shape index (κ3) is 1.95. The maximum absolute atomic E-state index is 6.03. The van der Waals surface area contributed by atoms with Crippen LogP contribution in [0.2, 0.25) is 0 Å². The molecule has 3 aromatic rings. The first kappa shape index (κ1) is 11.2. The summed E-state index contributed by atoms with van der Waals surface area (Å²) < 4.78 is 0. The molecule has 0 unspecified atom stereocenters. The maximum atomic E-state index is 6.03. The van der Waals surface area contributed by atoms with Crippen molar-refractivity contribution in [3.05, 3.63) is 48.2 Å². The topological polar surface area (TPSA) is 54.7 Å². The van der Waals surface area contributed by atoms with Gasteiger partial charge in [0, 0.05) is 17.1 Å². The number of fused-ring (bicyclic) bond motifs is 1. The van der Waals surface area contributed by atoms with Crippen molar-refractivity contribution in [2.45, 2.75) is 17.0 Å². The van der Waals surface area contributed by atoms with Gasteiger partial charge >= 0.3 is 0 Å². The number of pyridine rings is 1. The molecule has 0 saturated heterocycles. The number of aromatic amines is 1. The Morgan fingerprint density at radius 2 is 2.06 bits per heavy atom. The van der Waals surface area contributed by atoms with Gasteiger partial charge in [-0.1, -0.05) is 30.0 Å². The molecular formula is C14H13N3S. The van der Waals surface area contributed by atoms with Gasteiger partial charge in [0.15, 0.2) is 0 Å². The number of rotatable bonds is 2. The van der Waals surface area contributed by atoms with E-state index in [9.17, 15) is 0 Å². The fraction of sp³-hybridized carbons (Fsp3) is 0.0714. The third-order valence-corrected chi connectivity index (χ3v) is 3.84. The predicted molar refractivity (Wildman–Crippen MR) is 75.8 cm³/mol. The molecule has 0 spiro atoms. The summed E-state index contributed by atoms with van der Waals surface area (Å²) in [6, 6.07) is 12.2. The molecule has 0 aliphatic heterocycles. The summed E-state index contributed by atoms with van der Waals surface area (Å²) >= 11 is 1.56. The third-order valence-electron chi connectivity index (χ3n) is 2.88. The molecule has 0 fully saturated rings. The highest BCUT2D eigenvalue weighted by Crippen LogP contribution is 2.32. The normalized spacial score (nSPS) is 10.9. The molecule has 2 heterocycles. The lowest BCUT2D eigenvalue weighted by Gasteiger charge is -2.04. The van der Waals surface area contributed by atoms with Gasteiger partial charge in [-0.3, -0.25) is 0 Å². The molecule has 0 radical (unpaired) electrons. The standard InChI is InChI=1S/C14H13N3S/c1-9-6-7-16-14(13(9)15)18-12-8-10-4-2-3-5-11(10)17-12/h2-8,17H,15H2,1H3. The Morgan fingerprint density at radius 3 is 2.89 bits per heavy atom. The van der Waals surface area contributed by atoms with Crippen LogP contribution >= 0.6 is 11.8 Å². The molecule has 0 atom stereocenters. The molecule has 18 heavy (non-hydrogen) atoms. The van der Waals surface area contributed by atoms with Crippen LogP contribution in [0.25, 0.3) is 10.9 Å². The maximum Gasteiger partial charge on any atom is 0.125 e. The summed E-state index contributed by atoms with van der Waals surface area (Å²) in [5, 5.41) is 3.11. The highest BCUT2D eigenvalue weighted by atomic mass is 32.2. The summed E-state index contributed by atoms with van der Waals surface area (Å²) in [5.74, 6) is 0. The van der Waals surface area contributed by atoms with Crippen molar-refractivity contribution in [2.75, 3.05) is 5.73 Å². The second kappa shape index (κ2) is 4.38. The first-order valence-corrected chi connectivity index (χ1v) is 6.52. The number of nitrogens with one attached hydrogen (secondary N) is 1. The fourth-order valence-corrected chi connectivity index (χ4v) is 2.77. The largest absolute Gasteiger partial charge is 0.396 e. The lowest BCUT2D eigenvalue weighted by molar-refractivity contribution is 1.11. The van der Waals surface area contributed by atoms with Crippen molar-refractivity contribution < 1.29 is 0 Å². The minimum atomic E-state index is 0.751. The molecular weight excluding hydrogens is 242 g/mol. The van der Waals surface area contributed by atoms with Crippen molar-refractivity contribution >= 4 is 28.4 Å². The zero-order valence-electron chi connectivity index (χ0n) is 9.97. The number of anilines is 1. The highest BCUT2D eigenvalue weighted by Gasteiger charge is 2.07. The van der Waals surface area contributed by atoms with Crippen LogP contribution in [0.15, 0.2) is 52.6 Å². The summed E-state index contributed by atoms with van der Waals surface area (Å²) in [5.41, 5.74) is 8.97. The van der Waals surface area contributed by atoms with Gasteiger partial charge in [0.25, 0.3) is 0 Å². The monoisotopic (exact) mass is 255 g/mol. The summed E-state index contributed by atoms with van der Waals surface area (Å²) in [7, 11) is 0. The Kier molecular flexibility index (Phi) is 2.72. The first-order valence-electron chi connectivity index (χ1n) is 5.71. The smallest absolute Gasteiger partial charge is 0.125 e. The minimum Gasteiger partial charge on any atom is -0.396 e. The number of aromatic nitrogens is 2. The van der Waals surface area contributed by atoms with Crippen LogP contribution < -0.4 is 5.73 Å². The zero-order chi connectivity index (χ0) is 12.5. The average Bonchev–Trinajstić information content (AvgIpc) is 2.77. The Labute approximate surface area is 109 Å². The number of aryl methyl sites for hydroxylation is 1. The highest BCUT2D eigenvalue weighted by molar-refractivity contribution is 7.99. The lowest BCUT2D eigenvalue weighted by Crippen LogP contribution is -1.94. The van der Waals surface area contributed by atoms with Crippen LogP contribution in [0.4, 0.5) is 5.69 Å². The first-order chi connectivity index (χ1) is 8.74. The van der Waals surface area contributed by atoms with Crippen molar-refractivity contribution in [3.8, 4) is 0 Å². The van der Waals surface area contributed by atoms with Gasteiger partial charge in [0.1, 0.15) is 5.03 Å². The number of hydrogen-bond donors (Lipinski definition) is 2. The van der Waals surface area contributed by atoms with Gasteiger partial charge in [-0.15, -0.1) is 0 Å². The minimum absolute atomic E-state index is 0.751. The number of H-pyrrole nitrogens is 1. The number of hydrogen-bond acceptors (Lipinski definition) is 3. The van der Waals surface area contributed by atoms with Gasteiger partial charge in [-0.25, -0.2) is 4.98 Å². The molecule has 90 valence electrons. The zero-order valence-corrected chi connectivity index (χ0v) is 10.8. The van der Waals surface area contributed by atoms with E-state index in [1.165, 1.54) is 5.39 Å². The molecule has 2 aromatic heterocycles. The van der Waals surface area contributed by atoms with Gasteiger partial charge < -0.3 is 10.7 Å². The van der Waals surface area contributed by atoms with Crippen LogP contribution in [-0.4, -0.2) is 9.97 Å². The molecule has 0 bridgehead atoms. The van der Waals surface area contributed by atoms with Crippen LogP contribution in [0.5, 0.6) is 0 Å². The summed E-state index contributed by atoms with van der Waals surface area (Å²) in [6.07, 6.45) is 1.79. The van der Waals surface area contributed by atoms with Crippen LogP contribution in [0.1, 0.15) is 5.56 Å². The number of nitrogens with two attached hydrogens (primary N) is 1. The average molecular weight is 255 g/mol. The van der Waals surface area contributed by atoms with Crippen LogP contribution in [0.3, 0.4) is 0 Å². The van der Waals surface area contributed by atoms with Gasteiger partial charge in [0.05, 0.1) is 10.7 Å². The fourth-order valence-electron chi connectivity index (χ4n) is 1.83. The summed E-state index contributed by atoms with van der Waals surface area (Å²) in [4.78, 5) is 7.68. The van der Waals surface area contributed by atoms with E-state index < -0.39 is 0 Å². The van der Waals surface area contributed by atoms with Crippen LogP contribution in [-0.2, 0) is 0 Å². The van der Waals surface area contributed by atoms with E-state index in [1.807, 2.05) is 25.1 Å². The quantitative estimate of drug-likeness (QED) is 0.735. The number of benzene rings is 1. The molecule has 1 aromatic carbocycles. The molecule has 0 aliphatic carbocycles.